The van der Waals surface area contributed by atoms with Gasteiger partial charge in [0.1, 0.15) is 11.6 Å². The number of carbonyl (C=O) groups excluding carboxylic acids is 3. The SMILES string of the molecule is COC(=O)CNC(=O)N1CCCC(c2nnc(C(=O)Nc3cccc(Cl)c3)s2)C1. The zero-order valence-electron chi connectivity index (χ0n) is 15.7. The van der Waals surface area contributed by atoms with Gasteiger partial charge in [-0.3, -0.25) is 9.59 Å². The molecule has 0 saturated carbocycles. The molecule has 0 bridgehead atoms. The maximum atomic E-state index is 12.4. The number of benzene rings is 1. The Balaban J connectivity index is 1.59. The van der Waals surface area contributed by atoms with E-state index >= 15 is 0 Å². The number of aromatic nitrogens is 2. The van der Waals surface area contributed by atoms with Crippen LogP contribution < -0.4 is 10.6 Å². The normalized spacial score (nSPS) is 16.2. The van der Waals surface area contributed by atoms with Crippen molar-refractivity contribution in [3.8, 4) is 0 Å². The number of hydrogen-bond donors (Lipinski definition) is 2. The van der Waals surface area contributed by atoms with Crippen LogP contribution in [0.2, 0.25) is 5.02 Å². The van der Waals surface area contributed by atoms with Crippen LogP contribution in [0.1, 0.15) is 33.6 Å². The average Bonchev–Trinajstić information content (AvgIpc) is 3.22. The lowest BCUT2D eigenvalue weighted by Gasteiger charge is -2.31. The highest BCUT2D eigenvalue weighted by atomic mass is 35.5. The number of carbonyl (C=O) groups is 3. The molecule has 1 aliphatic heterocycles. The van der Waals surface area contributed by atoms with Crippen LogP contribution in [0.4, 0.5) is 10.5 Å². The molecular weight excluding hydrogens is 418 g/mol. The standard InChI is InChI=1S/C18H20ClN5O4S/c1-28-14(25)9-20-18(27)24-7-3-4-11(10-24)16-22-23-17(29-16)15(26)21-13-6-2-5-12(19)8-13/h2,5-6,8,11H,3-4,7,9-10H2,1H3,(H,20,27)(H,21,26). The Morgan fingerprint density at radius 3 is 2.93 bits per heavy atom. The molecule has 2 heterocycles. The highest BCUT2D eigenvalue weighted by molar-refractivity contribution is 7.13. The first kappa shape index (κ1) is 21.0. The first-order chi connectivity index (χ1) is 14.0. The van der Waals surface area contributed by atoms with Gasteiger partial charge in [0.15, 0.2) is 0 Å². The van der Waals surface area contributed by atoms with Gasteiger partial charge in [0.25, 0.3) is 5.91 Å². The first-order valence-electron chi connectivity index (χ1n) is 8.96. The van der Waals surface area contributed by atoms with Crippen molar-refractivity contribution in [3.63, 3.8) is 0 Å². The Hall–Kier alpha value is -2.72. The van der Waals surface area contributed by atoms with Crippen molar-refractivity contribution >= 4 is 46.5 Å². The predicted molar refractivity (Wildman–Crippen MR) is 108 cm³/mol. The van der Waals surface area contributed by atoms with Crippen LogP contribution in [-0.4, -0.2) is 59.7 Å². The highest BCUT2D eigenvalue weighted by Gasteiger charge is 2.28. The predicted octanol–water partition coefficient (Wildman–Crippen LogP) is 2.51. The number of nitrogens with zero attached hydrogens (tertiary/aromatic N) is 3. The molecule has 1 saturated heterocycles. The van der Waals surface area contributed by atoms with Gasteiger partial charge in [-0.2, -0.15) is 0 Å². The Labute approximate surface area is 176 Å². The third kappa shape index (κ3) is 5.64. The van der Waals surface area contributed by atoms with Gasteiger partial charge < -0.3 is 20.3 Å². The monoisotopic (exact) mass is 437 g/mol. The third-order valence-corrected chi connectivity index (χ3v) is 5.71. The summed E-state index contributed by atoms with van der Waals surface area (Å²) in [6.07, 6.45) is 1.63. The Morgan fingerprint density at radius 2 is 2.17 bits per heavy atom. The van der Waals surface area contributed by atoms with Gasteiger partial charge in [0.2, 0.25) is 5.01 Å². The van der Waals surface area contributed by atoms with Gasteiger partial charge in [-0.15, -0.1) is 10.2 Å². The summed E-state index contributed by atoms with van der Waals surface area (Å²) in [5.41, 5.74) is 0.574. The molecule has 2 aromatic rings. The second-order valence-electron chi connectivity index (χ2n) is 6.43. The average molecular weight is 438 g/mol. The summed E-state index contributed by atoms with van der Waals surface area (Å²) in [7, 11) is 1.26. The van der Waals surface area contributed by atoms with E-state index in [2.05, 4.69) is 25.6 Å². The number of methoxy groups -OCH3 is 1. The Morgan fingerprint density at radius 1 is 1.34 bits per heavy atom. The molecule has 154 valence electrons. The van der Waals surface area contributed by atoms with Crippen molar-refractivity contribution in [2.45, 2.75) is 18.8 Å². The number of likely N-dealkylation sites (tertiary alicyclic amines) is 1. The van der Waals surface area contributed by atoms with Gasteiger partial charge in [-0.25, -0.2) is 4.79 Å². The Kier molecular flexibility index (Phi) is 6.99. The quantitative estimate of drug-likeness (QED) is 0.695. The molecule has 11 heteroatoms. The molecule has 0 spiro atoms. The maximum absolute atomic E-state index is 12.4. The first-order valence-corrected chi connectivity index (χ1v) is 10.2. The minimum Gasteiger partial charge on any atom is -0.468 e. The summed E-state index contributed by atoms with van der Waals surface area (Å²) < 4.78 is 4.52. The molecule has 1 fully saturated rings. The summed E-state index contributed by atoms with van der Waals surface area (Å²) >= 11 is 7.13. The van der Waals surface area contributed by atoms with Crippen molar-refractivity contribution in [2.75, 3.05) is 32.1 Å². The van der Waals surface area contributed by atoms with E-state index in [4.69, 9.17) is 11.6 Å². The molecule has 0 radical (unpaired) electrons. The van der Waals surface area contributed by atoms with E-state index < -0.39 is 5.97 Å². The summed E-state index contributed by atoms with van der Waals surface area (Å²) in [5, 5.41) is 14.9. The van der Waals surface area contributed by atoms with Crippen molar-refractivity contribution in [3.05, 3.63) is 39.3 Å². The summed E-state index contributed by atoms with van der Waals surface area (Å²) in [4.78, 5) is 37.5. The topological polar surface area (TPSA) is 114 Å². The van der Waals surface area contributed by atoms with Gasteiger partial charge in [-0.05, 0) is 31.0 Å². The lowest BCUT2D eigenvalue weighted by atomic mass is 9.99. The third-order valence-electron chi connectivity index (χ3n) is 4.39. The fourth-order valence-corrected chi connectivity index (χ4v) is 3.99. The van der Waals surface area contributed by atoms with Crippen LogP contribution in [0.3, 0.4) is 0 Å². The molecule has 2 N–H and O–H groups in total. The minimum absolute atomic E-state index is 0.0159. The smallest absolute Gasteiger partial charge is 0.325 e. The van der Waals surface area contributed by atoms with Gasteiger partial charge in [0.05, 0.1) is 7.11 Å². The van der Waals surface area contributed by atoms with Crippen LogP contribution in [0, 0.1) is 0 Å². The number of nitrogens with one attached hydrogen (secondary N) is 2. The molecule has 9 nitrogen and oxygen atoms in total. The van der Waals surface area contributed by atoms with Crippen molar-refractivity contribution in [1.29, 1.82) is 0 Å². The van der Waals surface area contributed by atoms with Crippen molar-refractivity contribution in [1.82, 2.24) is 20.4 Å². The number of urea groups is 1. The van der Waals surface area contributed by atoms with E-state index in [-0.39, 0.29) is 29.4 Å². The lowest BCUT2D eigenvalue weighted by molar-refractivity contribution is -0.139. The van der Waals surface area contributed by atoms with E-state index in [1.807, 2.05) is 0 Å². The van der Waals surface area contributed by atoms with Crippen LogP contribution in [-0.2, 0) is 9.53 Å². The molecule has 3 amide bonds. The lowest BCUT2D eigenvalue weighted by Crippen LogP contribution is -2.46. The Bertz CT molecular complexity index is 906. The zero-order valence-corrected chi connectivity index (χ0v) is 17.3. The number of hydrogen-bond acceptors (Lipinski definition) is 7. The molecule has 29 heavy (non-hydrogen) atoms. The molecule has 1 aromatic heterocycles. The summed E-state index contributed by atoms with van der Waals surface area (Å²) in [5.74, 6) is -0.885. The van der Waals surface area contributed by atoms with E-state index in [0.29, 0.717) is 28.8 Å². The van der Waals surface area contributed by atoms with Crippen LogP contribution in [0.5, 0.6) is 0 Å². The van der Waals surface area contributed by atoms with Crippen LogP contribution >= 0.6 is 22.9 Å². The van der Waals surface area contributed by atoms with Crippen LogP contribution in [0.25, 0.3) is 0 Å². The molecule has 1 aliphatic rings. The van der Waals surface area contributed by atoms with Crippen LogP contribution in [0.15, 0.2) is 24.3 Å². The van der Waals surface area contributed by atoms with E-state index in [9.17, 15) is 14.4 Å². The van der Waals surface area contributed by atoms with Gasteiger partial charge in [0, 0.05) is 29.7 Å². The highest BCUT2D eigenvalue weighted by Crippen LogP contribution is 2.29. The number of ether oxygens (including phenoxy) is 1. The summed E-state index contributed by atoms with van der Waals surface area (Å²) in [6, 6.07) is 6.51. The molecule has 3 rings (SSSR count). The number of halogens is 1. The second-order valence-corrected chi connectivity index (χ2v) is 7.88. The van der Waals surface area contributed by atoms with E-state index in [1.165, 1.54) is 18.4 Å². The fourth-order valence-electron chi connectivity index (χ4n) is 2.94. The van der Waals surface area contributed by atoms with Crippen molar-refractivity contribution in [2.24, 2.45) is 0 Å². The number of esters is 1. The zero-order chi connectivity index (χ0) is 20.8. The number of rotatable bonds is 5. The maximum Gasteiger partial charge on any atom is 0.325 e. The van der Waals surface area contributed by atoms with Crippen molar-refractivity contribution < 1.29 is 19.1 Å². The molecule has 1 aromatic carbocycles. The largest absolute Gasteiger partial charge is 0.468 e. The molecule has 1 atom stereocenters. The molecular formula is C18H20ClN5O4S. The van der Waals surface area contributed by atoms with Gasteiger partial charge in [-0.1, -0.05) is 29.0 Å². The number of anilines is 1. The minimum atomic E-state index is -0.508. The molecule has 1 unspecified atom stereocenters. The molecule has 0 aliphatic carbocycles. The number of piperidine rings is 1. The van der Waals surface area contributed by atoms with E-state index in [0.717, 1.165) is 12.8 Å². The summed E-state index contributed by atoms with van der Waals surface area (Å²) in [6.45, 7) is 0.852. The second kappa shape index (κ2) is 9.66. The fraction of sp³-hybridized carbons (Fsp3) is 0.389. The van der Waals surface area contributed by atoms with E-state index in [1.54, 1.807) is 29.2 Å². The van der Waals surface area contributed by atoms with Gasteiger partial charge >= 0.3 is 12.0 Å². The number of amides is 3.